The number of benzene rings is 3. The molecule has 0 amide bonds. The summed E-state index contributed by atoms with van der Waals surface area (Å²) in [5, 5.41) is 0. The molecule has 0 unspecified atom stereocenters. The largest absolute Gasteiger partial charge is 0.423 e. The molecule has 0 saturated carbocycles. The molecule has 184 valence electrons. The van der Waals surface area contributed by atoms with E-state index in [0.717, 1.165) is 55.2 Å². The lowest BCUT2D eigenvalue weighted by Gasteiger charge is -2.16. The molecular weight excluding hydrogens is 436 g/mol. The molecule has 0 aliphatic carbocycles. The maximum Gasteiger partial charge on any atom is 0.343 e. The van der Waals surface area contributed by atoms with Gasteiger partial charge in [0.25, 0.3) is 0 Å². The number of rotatable bonds is 10. The van der Waals surface area contributed by atoms with Gasteiger partial charge in [-0.15, -0.1) is 0 Å². The van der Waals surface area contributed by atoms with Crippen LogP contribution in [0.1, 0.15) is 88.1 Å². The Bertz CT molecular complexity index is 1160. The fraction of sp³-hybridized carbons (Fsp3) is 0.355. The second kappa shape index (κ2) is 12.3. The molecular formula is C31H36O4. The van der Waals surface area contributed by atoms with Gasteiger partial charge >= 0.3 is 11.9 Å². The summed E-state index contributed by atoms with van der Waals surface area (Å²) in [5.41, 5.74) is 5.73. The van der Waals surface area contributed by atoms with E-state index in [4.69, 9.17) is 9.47 Å². The molecule has 4 heteroatoms. The minimum atomic E-state index is -0.401. The first-order chi connectivity index (χ1) is 16.8. The van der Waals surface area contributed by atoms with Crippen molar-refractivity contribution in [2.75, 3.05) is 0 Å². The predicted octanol–water partition coefficient (Wildman–Crippen LogP) is 7.74. The lowest BCUT2D eigenvalue weighted by molar-refractivity contribution is 0.0716. The maximum absolute atomic E-state index is 12.8. The summed E-state index contributed by atoms with van der Waals surface area (Å²) in [6, 6.07) is 16.9. The van der Waals surface area contributed by atoms with Crippen molar-refractivity contribution in [3.63, 3.8) is 0 Å². The Morgan fingerprint density at radius 2 is 1.11 bits per heavy atom. The van der Waals surface area contributed by atoms with Crippen LogP contribution >= 0.6 is 0 Å². The van der Waals surface area contributed by atoms with Gasteiger partial charge in [-0.05, 0) is 105 Å². The lowest BCUT2D eigenvalue weighted by atomic mass is 10.0. The van der Waals surface area contributed by atoms with Gasteiger partial charge < -0.3 is 9.47 Å². The third-order valence-corrected chi connectivity index (χ3v) is 6.39. The van der Waals surface area contributed by atoms with Gasteiger partial charge in [0.05, 0.1) is 11.1 Å². The lowest BCUT2D eigenvalue weighted by Crippen LogP contribution is -2.13. The minimum absolute atomic E-state index is 0.398. The Labute approximate surface area is 209 Å². The Morgan fingerprint density at radius 3 is 1.57 bits per heavy atom. The van der Waals surface area contributed by atoms with E-state index in [2.05, 4.69) is 13.8 Å². The molecule has 0 fully saturated rings. The first-order valence-electron chi connectivity index (χ1n) is 12.6. The molecule has 0 aliphatic rings. The Kier molecular flexibility index (Phi) is 9.25. The summed E-state index contributed by atoms with van der Waals surface area (Å²) in [7, 11) is 0. The zero-order valence-electron chi connectivity index (χ0n) is 21.6. The Morgan fingerprint density at radius 1 is 0.657 bits per heavy atom. The Balaban J connectivity index is 1.72. The number of esters is 2. The summed E-state index contributed by atoms with van der Waals surface area (Å²) < 4.78 is 11.5. The predicted molar refractivity (Wildman–Crippen MR) is 141 cm³/mol. The second-order valence-corrected chi connectivity index (χ2v) is 9.15. The summed E-state index contributed by atoms with van der Waals surface area (Å²) >= 11 is 0. The summed E-state index contributed by atoms with van der Waals surface area (Å²) in [6.45, 7) is 9.92. The molecule has 35 heavy (non-hydrogen) atoms. The van der Waals surface area contributed by atoms with Crippen molar-refractivity contribution >= 4 is 11.9 Å². The van der Waals surface area contributed by atoms with Crippen LogP contribution in [0.2, 0.25) is 0 Å². The van der Waals surface area contributed by atoms with E-state index >= 15 is 0 Å². The van der Waals surface area contributed by atoms with E-state index in [0.29, 0.717) is 22.6 Å². The molecule has 0 radical (unpaired) electrons. The van der Waals surface area contributed by atoms with Crippen molar-refractivity contribution in [1.82, 2.24) is 0 Å². The third-order valence-electron chi connectivity index (χ3n) is 6.39. The highest BCUT2D eigenvalue weighted by atomic mass is 16.5. The smallest absolute Gasteiger partial charge is 0.343 e. The van der Waals surface area contributed by atoms with E-state index in [9.17, 15) is 9.59 Å². The number of ether oxygens (including phenoxy) is 2. The number of aryl methyl sites for hydroxylation is 3. The highest BCUT2D eigenvalue weighted by Gasteiger charge is 2.19. The summed E-state index contributed by atoms with van der Waals surface area (Å²) in [4.78, 5) is 25.5. The van der Waals surface area contributed by atoms with E-state index in [1.807, 2.05) is 69.3 Å². The molecule has 3 aromatic rings. The number of hydrogen-bond donors (Lipinski definition) is 0. The van der Waals surface area contributed by atoms with E-state index in [1.165, 1.54) is 11.1 Å². The van der Waals surface area contributed by atoms with Crippen LogP contribution in [0.4, 0.5) is 0 Å². The molecule has 0 atom stereocenters. The Hall–Kier alpha value is -3.40. The van der Waals surface area contributed by atoms with Crippen LogP contribution in [0.3, 0.4) is 0 Å². The van der Waals surface area contributed by atoms with Gasteiger partial charge in [-0.3, -0.25) is 0 Å². The van der Waals surface area contributed by atoms with E-state index in [1.54, 1.807) is 6.07 Å². The van der Waals surface area contributed by atoms with Crippen molar-refractivity contribution in [2.45, 2.75) is 73.1 Å². The summed E-state index contributed by atoms with van der Waals surface area (Å²) in [5.74, 6) is 0.176. The monoisotopic (exact) mass is 472 g/mol. The van der Waals surface area contributed by atoms with Gasteiger partial charge in [-0.2, -0.15) is 0 Å². The van der Waals surface area contributed by atoms with Gasteiger partial charge in [0.2, 0.25) is 0 Å². The van der Waals surface area contributed by atoms with Gasteiger partial charge in [0.15, 0.2) is 0 Å². The molecule has 4 nitrogen and oxygen atoms in total. The topological polar surface area (TPSA) is 52.6 Å². The number of hydrogen-bond acceptors (Lipinski definition) is 4. The number of unbranched alkanes of at least 4 members (excludes halogenated alkanes) is 2. The fourth-order valence-electron chi connectivity index (χ4n) is 3.97. The SMILES string of the molecule is CCCCc1ccc(C(=O)Oc2cc(C)c(OC(=O)c3ccc(CCCC)cc3)c(C)c2C)cc1. The van der Waals surface area contributed by atoms with Crippen LogP contribution in [-0.4, -0.2) is 11.9 Å². The zero-order valence-corrected chi connectivity index (χ0v) is 21.6. The van der Waals surface area contributed by atoms with Crippen molar-refractivity contribution in [1.29, 1.82) is 0 Å². The molecule has 3 aromatic carbocycles. The third kappa shape index (κ3) is 6.82. The molecule has 0 spiro atoms. The average molecular weight is 473 g/mol. The number of carbonyl (C=O) groups is 2. The van der Waals surface area contributed by atoms with E-state index < -0.39 is 11.9 Å². The van der Waals surface area contributed by atoms with Crippen LogP contribution in [-0.2, 0) is 12.8 Å². The van der Waals surface area contributed by atoms with Crippen LogP contribution < -0.4 is 9.47 Å². The summed E-state index contributed by atoms with van der Waals surface area (Å²) in [6.07, 6.45) is 6.54. The molecule has 0 aromatic heterocycles. The van der Waals surface area contributed by atoms with Crippen molar-refractivity contribution in [2.24, 2.45) is 0 Å². The molecule has 0 bridgehead atoms. The van der Waals surface area contributed by atoms with Gasteiger partial charge in [-0.25, -0.2) is 9.59 Å². The average Bonchev–Trinajstić information content (AvgIpc) is 2.87. The molecule has 0 heterocycles. The van der Waals surface area contributed by atoms with Gasteiger partial charge in [0, 0.05) is 0 Å². The van der Waals surface area contributed by atoms with Crippen molar-refractivity contribution in [3.05, 3.63) is 93.5 Å². The number of carbonyl (C=O) groups excluding carboxylic acids is 2. The van der Waals surface area contributed by atoms with Crippen LogP contribution in [0.5, 0.6) is 11.5 Å². The zero-order chi connectivity index (χ0) is 25.4. The maximum atomic E-state index is 12.8. The second-order valence-electron chi connectivity index (χ2n) is 9.15. The fourth-order valence-corrected chi connectivity index (χ4v) is 3.97. The quantitative estimate of drug-likeness (QED) is 0.224. The highest BCUT2D eigenvalue weighted by Crippen LogP contribution is 2.34. The van der Waals surface area contributed by atoms with Crippen LogP contribution in [0.15, 0.2) is 54.6 Å². The molecule has 0 aliphatic heterocycles. The van der Waals surface area contributed by atoms with Crippen molar-refractivity contribution < 1.29 is 19.1 Å². The van der Waals surface area contributed by atoms with Gasteiger partial charge in [0.1, 0.15) is 11.5 Å². The first kappa shape index (κ1) is 26.2. The molecule has 0 N–H and O–H groups in total. The highest BCUT2D eigenvalue weighted by molar-refractivity contribution is 5.92. The normalized spacial score (nSPS) is 10.8. The first-order valence-corrected chi connectivity index (χ1v) is 12.6. The standard InChI is InChI=1S/C31H36O4/c1-6-8-10-24-12-16-26(17-13-24)30(32)34-28-20-21(3)29(23(5)22(28)4)35-31(33)27-18-14-25(15-19-27)11-9-7-2/h12-20H,6-11H2,1-5H3. The molecule has 3 rings (SSSR count). The van der Waals surface area contributed by atoms with Crippen LogP contribution in [0, 0.1) is 20.8 Å². The molecule has 0 saturated heterocycles. The van der Waals surface area contributed by atoms with E-state index in [-0.39, 0.29) is 0 Å². The minimum Gasteiger partial charge on any atom is -0.423 e. The van der Waals surface area contributed by atoms with Crippen molar-refractivity contribution in [3.8, 4) is 11.5 Å². The van der Waals surface area contributed by atoms with Crippen LogP contribution in [0.25, 0.3) is 0 Å². The van der Waals surface area contributed by atoms with Gasteiger partial charge in [-0.1, -0.05) is 51.0 Å².